The van der Waals surface area contributed by atoms with Gasteiger partial charge in [-0.15, -0.1) is 0 Å². The molecule has 1 atom stereocenters. The maximum Gasteiger partial charge on any atom is 0.251 e. The largest absolute Gasteiger partial charge is 0.493 e. The number of rotatable bonds is 7. The van der Waals surface area contributed by atoms with Crippen molar-refractivity contribution in [3.63, 3.8) is 0 Å². The number of amides is 1. The quantitative estimate of drug-likeness (QED) is 0.815. The zero-order chi connectivity index (χ0) is 19.2. The van der Waals surface area contributed by atoms with E-state index in [0.29, 0.717) is 30.2 Å². The molecule has 27 heavy (non-hydrogen) atoms. The van der Waals surface area contributed by atoms with Crippen LogP contribution in [0, 0.1) is 0 Å². The van der Waals surface area contributed by atoms with Crippen LogP contribution in [-0.2, 0) is 13.0 Å². The summed E-state index contributed by atoms with van der Waals surface area (Å²) in [4.78, 5) is 15.0. The molecule has 0 saturated heterocycles. The molecule has 0 aliphatic carbocycles. The molecule has 2 aromatic carbocycles. The second-order valence-corrected chi connectivity index (χ2v) is 6.85. The topological polar surface area (TPSA) is 50.8 Å². The monoisotopic (exact) mass is 368 g/mol. The average Bonchev–Trinajstić information content (AvgIpc) is 2.71. The molecule has 144 valence electrons. The van der Waals surface area contributed by atoms with Crippen molar-refractivity contribution in [1.29, 1.82) is 0 Å². The Labute approximate surface area is 161 Å². The summed E-state index contributed by atoms with van der Waals surface area (Å²) in [6.45, 7) is 7.19. The van der Waals surface area contributed by atoms with Gasteiger partial charge in [0.1, 0.15) is 0 Å². The molecule has 0 radical (unpaired) electrons. The van der Waals surface area contributed by atoms with Gasteiger partial charge in [-0.25, -0.2) is 0 Å². The van der Waals surface area contributed by atoms with Crippen molar-refractivity contribution in [3.05, 3.63) is 59.2 Å². The predicted octanol–water partition coefficient (Wildman–Crippen LogP) is 3.27. The van der Waals surface area contributed by atoms with Crippen molar-refractivity contribution < 1.29 is 14.3 Å². The first-order chi connectivity index (χ1) is 13.1. The Kier molecular flexibility index (Phi) is 6.35. The highest BCUT2D eigenvalue weighted by molar-refractivity contribution is 5.94. The fourth-order valence-electron chi connectivity index (χ4n) is 3.45. The minimum atomic E-state index is -0.0967. The van der Waals surface area contributed by atoms with Crippen LogP contribution in [0.1, 0.15) is 35.3 Å². The Morgan fingerprint density at radius 1 is 1.19 bits per heavy atom. The number of hydrogen-bond acceptors (Lipinski definition) is 4. The minimum Gasteiger partial charge on any atom is -0.493 e. The number of hydrogen-bond donors (Lipinski definition) is 1. The Bertz CT molecular complexity index is 791. The molecule has 0 fully saturated rings. The number of fused-ring (bicyclic) bond motifs is 1. The van der Waals surface area contributed by atoms with Gasteiger partial charge >= 0.3 is 0 Å². The normalized spacial score (nSPS) is 14.9. The van der Waals surface area contributed by atoms with E-state index in [-0.39, 0.29) is 11.9 Å². The molecule has 0 spiro atoms. The van der Waals surface area contributed by atoms with E-state index in [0.717, 1.165) is 19.5 Å². The van der Waals surface area contributed by atoms with Crippen LogP contribution in [0.15, 0.2) is 42.5 Å². The van der Waals surface area contributed by atoms with Crippen molar-refractivity contribution in [3.8, 4) is 11.5 Å². The lowest BCUT2D eigenvalue weighted by atomic mass is 9.99. The van der Waals surface area contributed by atoms with Gasteiger partial charge in [-0.3, -0.25) is 9.69 Å². The van der Waals surface area contributed by atoms with Gasteiger partial charge < -0.3 is 14.8 Å². The first-order valence-electron chi connectivity index (χ1n) is 9.52. The highest BCUT2D eigenvalue weighted by Gasteiger charge is 2.21. The Morgan fingerprint density at radius 3 is 2.70 bits per heavy atom. The van der Waals surface area contributed by atoms with E-state index in [9.17, 15) is 4.79 Å². The number of nitrogens with one attached hydrogen (secondary N) is 1. The first kappa shape index (κ1) is 19.2. The third-order valence-electron chi connectivity index (χ3n) is 5.07. The van der Waals surface area contributed by atoms with Crippen LogP contribution in [0.25, 0.3) is 0 Å². The molecule has 0 saturated carbocycles. The fourth-order valence-corrected chi connectivity index (χ4v) is 3.45. The van der Waals surface area contributed by atoms with Crippen molar-refractivity contribution in [1.82, 2.24) is 10.2 Å². The van der Waals surface area contributed by atoms with Crippen molar-refractivity contribution in [2.45, 2.75) is 32.9 Å². The van der Waals surface area contributed by atoms with Gasteiger partial charge in [-0.2, -0.15) is 0 Å². The van der Waals surface area contributed by atoms with Gasteiger partial charge in [0.15, 0.2) is 11.5 Å². The first-order valence-corrected chi connectivity index (χ1v) is 9.52. The Morgan fingerprint density at radius 2 is 1.96 bits per heavy atom. The zero-order valence-corrected chi connectivity index (χ0v) is 16.3. The van der Waals surface area contributed by atoms with Crippen LogP contribution in [-0.4, -0.2) is 43.7 Å². The van der Waals surface area contributed by atoms with E-state index < -0.39 is 0 Å². The standard InChI is InChI=1S/C22H28N2O3/c1-4-27-20-10-9-18(13-21(20)26-3)22(25)23-14-16(2)24-12-11-17-7-5-6-8-19(17)15-24/h5-10,13,16H,4,11-12,14-15H2,1-3H3,(H,23,25). The summed E-state index contributed by atoms with van der Waals surface area (Å²) >= 11 is 0. The molecule has 2 aromatic rings. The number of nitrogens with zero attached hydrogens (tertiary/aromatic N) is 1. The van der Waals surface area contributed by atoms with Crippen molar-refractivity contribution in [2.75, 3.05) is 26.8 Å². The molecule has 3 rings (SSSR count). The Balaban J connectivity index is 1.57. The van der Waals surface area contributed by atoms with E-state index >= 15 is 0 Å². The van der Waals surface area contributed by atoms with Crippen LogP contribution >= 0.6 is 0 Å². The lowest BCUT2D eigenvalue weighted by Crippen LogP contribution is -2.44. The number of benzene rings is 2. The molecule has 0 bridgehead atoms. The van der Waals surface area contributed by atoms with Gasteiger partial charge in [0, 0.05) is 31.2 Å². The van der Waals surface area contributed by atoms with Gasteiger partial charge in [-0.05, 0) is 49.6 Å². The fraction of sp³-hybridized carbons (Fsp3) is 0.409. The molecular weight excluding hydrogens is 340 g/mol. The van der Waals surface area contributed by atoms with Crippen LogP contribution in [0.5, 0.6) is 11.5 Å². The van der Waals surface area contributed by atoms with Crippen molar-refractivity contribution in [2.24, 2.45) is 0 Å². The van der Waals surface area contributed by atoms with Crippen molar-refractivity contribution >= 4 is 5.91 Å². The second kappa shape index (κ2) is 8.91. The molecule has 1 N–H and O–H groups in total. The highest BCUT2D eigenvalue weighted by Crippen LogP contribution is 2.28. The van der Waals surface area contributed by atoms with Gasteiger partial charge in [-0.1, -0.05) is 24.3 Å². The molecule has 1 aliphatic rings. The summed E-state index contributed by atoms with van der Waals surface area (Å²) in [6.07, 6.45) is 1.06. The summed E-state index contributed by atoms with van der Waals surface area (Å²) < 4.78 is 10.8. The number of carbonyl (C=O) groups is 1. The molecule has 5 nitrogen and oxygen atoms in total. The Hall–Kier alpha value is -2.53. The van der Waals surface area contributed by atoms with Gasteiger partial charge in [0.2, 0.25) is 0 Å². The molecular formula is C22H28N2O3. The molecule has 0 aromatic heterocycles. The van der Waals surface area contributed by atoms with Crippen LogP contribution in [0.3, 0.4) is 0 Å². The maximum atomic E-state index is 12.5. The van der Waals surface area contributed by atoms with Crippen LogP contribution in [0.2, 0.25) is 0 Å². The number of carbonyl (C=O) groups excluding carboxylic acids is 1. The lowest BCUT2D eigenvalue weighted by molar-refractivity contribution is 0.0932. The summed E-state index contributed by atoms with van der Waals surface area (Å²) in [5.74, 6) is 1.13. The maximum absolute atomic E-state index is 12.5. The summed E-state index contributed by atoms with van der Waals surface area (Å²) in [5.41, 5.74) is 3.40. The second-order valence-electron chi connectivity index (χ2n) is 6.85. The molecule has 1 heterocycles. The van der Waals surface area contributed by atoms with Crippen LogP contribution in [0.4, 0.5) is 0 Å². The van der Waals surface area contributed by atoms with E-state index in [1.54, 1.807) is 25.3 Å². The van der Waals surface area contributed by atoms with Crippen LogP contribution < -0.4 is 14.8 Å². The molecule has 1 unspecified atom stereocenters. The molecule has 5 heteroatoms. The van der Waals surface area contributed by atoms with Gasteiger partial charge in [0.25, 0.3) is 5.91 Å². The van der Waals surface area contributed by atoms with E-state index in [2.05, 4.69) is 41.4 Å². The van der Waals surface area contributed by atoms with Gasteiger partial charge in [0.05, 0.1) is 13.7 Å². The predicted molar refractivity (Wildman–Crippen MR) is 107 cm³/mol. The smallest absolute Gasteiger partial charge is 0.251 e. The summed E-state index contributed by atoms with van der Waals surface area (Å²) in [5, 5.41) is 3.05. The summed E-state index contributed by atoms with van der Waals surface area (Å²) in [6, 6.07) is 14.1. The average molecular weight is 368 g/mol. The SMILES string of the molecule is CCOc1ccc(C(=O)NCC(C)N2CCc3ccccc3C2)cc1OC. The number of methoxy groups -OCH3 is 1. The molecule has 1 aliphatic heterocycles. The number of ether oxygens (including phenoxy) is 2. The highest BCUT2D eigenvalue weighted by atomic mass is 16.5. The minimum absolute atomic E-state index is 0.0967. The third kappa shape index (κ3) is 4.61. The van der Waals surface area contributed by atoms with E-state index in [4.69, 9.17) is 9.47 Å². The summed E-state index contributed by atoms with van der Waals surface area (Å²) in [7, 11) is 1.58. The molecule has 1 amide bonds. The van der Waals surface area contributed by atoms with E-state index in [1.807, 2.05) is 6.92 Å². The van der Waals surface area contributed by atoms with E-state index in [1.165, 1.54) is 11.1 Å². The lowest BCUT2D eigenvalue weighted by Gasteiger charge is -2.33. The zero-order valence-electron chi connectivity index (χ0n) is 16.3. The third-order valence-corrected chi connectivity index (χ3v) is 5.07.